The van der Waals surface area contributed by atoms with Crippen LogP contribution in [-0.4, -0.2) is 34.3 Å². The van der Waals surface area contributed by atoms with Gasteiger partial charge in [-0.3, -0.25) is 4.68 Å². The summed E-state index contributed by atoms with van der Waals surface area (Å²) >= 11 is 0. The van der Waals surface area contributed by atoms with E-state index in [1.54, 1.807) is 10.9 Å². The summed E-state index contributed by atoms with van der Waals surface area (Å²) in [7, 11) is 1.84. The topological polar surface area (TPSA) is 59.0 Å². The van der Waals surface area contributed by atoms with Crippen LogP contribution in [0.15, 0.2) is 12.4 Å². The van der Waals surface area contributed by atoms with Crippen molar-refractivity contribution in [3.63, 3.8) is 0 Å². The standard InChI is InChI=1S/C13H20F2N4O/c1-19-9-10(8-17-19)4-7-16-12(20)18-11-2-5-13(14,15)6-3-11/h8-9,11H,2-7H2,1H3,(H2,16,18,20). The molecule has 1 heterocycles. The number of amides is 2. The number of rotatable bonds is 4. The molecule has 0 spiro atoms. The third-order valence-corrected chi connectivity index (χ3v) is 3.51. The molecule has 0 atom stereocenters. The molecule has 2 amide bonds. The molecule has 0 unspecified atom stereocenters. The van der Waals surface area contributed by atoms with E-state index in [-0.39, 0.29) is 24.9 Å². The zero-order valence-electron chi connectivity index (χ0n) is 11.5. The molecule has 2 N–H and O–H groups in total. The van der Waals surface area contributed by atoms with Crippen LogP contribution >= 0.6 is 0 Å². The minimum atomic E-state index is -2.56. The molecule has 1 aliphatic carbocycles. The first-order valence-electron chi connectivity index (χ1n) is 6.84. The SMILES string of the molecule is Cn1cc(CCNC(=O)NC2CCC(F)(F)CC2)cn1. The highest BCUT2D eigenvalue weighted by molar-refractivity contribution is 5.74. The summed E-state index contributed by atoms with van der Waals surface area (Å²) in [6.07, 6.45) is 4.73. The molecule has 1 aromatic heterocycles. The van der Waals surface area contributed by atoms with Gasteiger partial charge < -0.3 is 10.6 Å². The van der Waals surface area contributed by atoms with Gasteiger partial charge >= 0.3 is 6.03 Å². The van der Waals surface area contributed by atoms with Crippen molar-refractivity contribution in [2.45, 2.75) is 44.1 Å². The summed E-state index contributed by atoms with van der Waals surface area (Å²) in [5.74, 6) is -2.56. The Labute approximate surface area is 116 Å². The molecule has 0 bridgehead atoms. The summed E-state index contributed by atoms with van der Waals surface area (Å²) in [5, 5.41) is 9.52. The van der Waals surface area contributed by atoms with Crippen molar-refractivity contribution in [2.75, 3.05) is 6.54 Å². The number of nitrogens with one attached hydrogen (secondary N) is 2. The second-order valence-electron chi connectivity index (χ2n) is 5.30. The van der Waals surface area contributed by atoms with Crippen LogP contribution in [-0.2, 0) is 13.5 Å². The highest BCUT2D eigenvalue weighted by atomic mass is 19.3. The summed E-state index contributed by atoms with van der Waals surface area (Å²) < 4.78 is 27.6. The fraction of sp³-hybridized carbons (Fsp3) is 0.692. The number of hydrogen-bond acceptors (Lipinski definition) is 2. The van der Waals surface area contributed by atoms with E-state index in [4.69, 9.17) is 0 Å². The van der Waals surface area contributed by atoms with E-state index in [2.05, 4.69) is 15.7 Å². The first-order valence-corrected chi connectivity index (χ1v) is 6.84. The van der Waals surface area contributed by atoms with Gasteiger partial charge in [-0.15, -0.1) is 0 Å². The van der Waals surface area contributed by atoms with E-state index in [0.29, 0.717) is 25.8 Å². The fourth-order valence-corrected chi connectivity index (χ4v) is 2.34. The Morgan fingerprint density at radius 1 is 1.50 bits per heavy atom. The molecular weight excluding hydrogens is 266 g/mol. The van der Waals surface area contributed by atoms with E-state index in [1.807, 2.05) is 13.2 Å². The Kier molecular flexibility index (Phi) is 4.57. The molecule has 0 aliphatic heterocycles. The number of halogens is 2. The third kappa shape index (κ3) is 4.47. The van der Waals surface area contributed by atoms with Crippen molar-refractivity contribution >= 4 is 6.03 Å². The number of hydrogen-bond donors (Lipinski definition) is 2. The smallest absolute Gasteiger partial charge is 0.315 e. The summed E-state index contributed by atoms with van der Waals surface area (Å²) in [6, 6.07) is -0.433. The maximum absolute atomic E-state index is 13.0. The van der Waals surface area contributed by atoms with Gasteiger partial charge in [0, 0.05) is 38.7 Å². The highest BCUT2D eigenvalue weighted by Crippen LogP contribution is 2.32. The minimum Gasteiger partial charge on any atom is -0.338 e. The second-order valence-corrected chi connectivity index (χ2v) is 5.30. The van der Waals surface area contributed by atoms with Crippen molar-refractivity contribution in [2.24, 2.45) is 7.05 Å². The quantitative estimate of drug-likeness (QED) is 0.887. The number of carbonyl (C=O) groups excluding carboxylic acids is 1. The van der Waals surface area contributed by atoms with E-state index in [0.717, 1.165) is 5.56 Å². The van der Waals surface area contributed by atoms with Crippen LogP contribution in [0.3, 0.4) is 0 Å². The average molecular weight is 286 g/mol. The second kappa shape index (κ2) is 6.19. The molecule has 1 aromatic rings. The number of carbonyl (C=O) groups is 1. The summed E-state index contributed by atoms with van der Waals surface area (Å²) in [6.45, 7) is 0.500. The third-order valence-electron chi connectivity index (χ3n) is 3.51. The fourth-order valence-electron chi connectivity index (χ4n) is 2.34. The summed E-state index contributed by atoms with van der Waals surface area (Å²) in [5.41, 5.74) is 1.05. The van der Waals surface area contributed by atoms with Gasteiger partial charge in [0.05, 0.1) is 6.20 Å². The molecule has 1 fully saturated rings. The molecule has 0 aromatic carbocycles. The van der Waals surface area contributed by atoms with Gasteiger partial charge in [0.1, 0.15) is 0 Å². The van der Waals surface area contributed by atoms with Gasteiger partial charge in [-0.25, -0.2) is 13.6 Å². The molecule has 0 radical (unpaired) electrons. The molecule has 112 valence electrons. The Bertz CT molecular complexity index is 451. The average Bonchev–Trinajstić information content (AvgIpc) is 2.78. The largest absolute Gasteiger partial charge is 0.338 e. The maximum atomic E-state index is 13.0. The first-order chi connectivity index (χ1) is 9.44. The number of nitrogens with zero attached hydrogens (tertiary/aromatic N) is 2. The van der Waals surface area contributed by atoms with Crippen molar-refractivity contribution in [3.8, 4) is 0 Å². The number of aromatic nitrogens is 2. The molecule has 1 saturated carbocycles. The van der Waals surface area contributed by atoms with E-state index >= 15 is 0 Å². The normalized spacial score (nSPS) is 18.8. The van der Waals surface area contributed by atoms with Gasteiger partial charge in [0.25, 0.3) is 0 Å². The van der Waals surface area contributed by atoms with E-state index in [9.17, 15) is 13.6 Å². The molecule has 5 nitrogen and oxygen atoms in total. The maximum Gasteiger partial charge on any atom is 0.315 e. The Balaban J connectivity index is 1.63. The van der Waals surface area contributed by atoms with Crippen molar-refractivity contribution in [1.29, 1.82) is 0 Å². The highest BCUT2D eigenvalue weighted by Gasteiger charge is 2.35. The lowest BCUT2D eigenvalue weighted by Crippen LogP contribution is -2.45. The Morgan fingerprint density at radius 3 is 2.80 bits per heavy atom. The Morgan fingerprint density at radius 2 is 2.20 bits per heavy atom. The first kappa shape index (κ1) is 14.7. The van der Waals surface area contributed by atoms with Gasteiger partial charge in [0.2, 0.25) is 5.92 Å². The molecular formula is C13H20F2N4O. The predicted octanol–water partition coefficient (Wildman–Crippen LogP) is 1.84. The van der Waals surface area contributed by atoms with Crippen molar-refractivity contribution in [1.82, 2.24) is 20.4 Å². The molecule has 1 aliphatic rings. The zero-order valence-corrected chi connectivity index (χ0v) is 11.5. The zero-order chi connectivity index (χ0) is 14.6. The van der Waals surface area contributed by atoms with Crippen LogP contribution in [0.1, 0.15) is 31.2 Å². The van der Waals surface area contributed by atoms with E-state index < -0.39 is 5.92 Å². The van der Waals surface area contributed by atoms with Crippen LogP contribution < -0.4 is 10.6 Å². The number of urea groups is 1. The molecule has 2 rings (SSSR count). The number of aryl methyl sites for hydroxylation is 1. The predicted molar refractivity (Wildman–Crippen MR) is 70.6 cm³/mol. The van der Waals surface area contributed by atoms with Crippen LogP contribution in [0.5, 0.6) is 0 Å². The van der Waals surface area contributed by atoms with E-state index in [1.165, 1.54) is 0 Å². The number of alkyl halides is 2. The lowest BCUT2D eigenvalue weighted by atomic mass is 9.92. The monoisotopic (exact) mass is 286 g/mol. The molecule has 7 heteroatoms. The van der Waals surface area contributed by atoms with Gasteiger partial charge in [0.15, 0.2) is 0 Å². The molecule has 20 heavy (non-hydrogen) atoms. The van der Waals surface area contributed by atoms with Gasteiger partial charge in [-0.2, -0.15) is 5.10 Å². The van der Waals surface area contributed by atoms with Crippen molar-refractivity contribution in [3.05, 3.63) is 18.0 Å². The van der Waals surface area contributed by atoms with Crippen LogP contribution in [0.2, 0.25) is 0 Å². The minimum absolute atomic E-state index is 0.145. The lowest BCUT2D eigenvalue weighted by Gasteiger charge is -2.28. The van der Waals surface area contributed by atoms with Crippen molar-refractivity contribution < 1.29 is 13.6 Å². The summed E-state index contributed by atoms with van der Waals surface area (Å²) in [4.78, 5) is 11.6. The molecule has 0 saturated heterocycles. The van der Waals surface area contributed by atoms with Crippen LogP contribution in [0, 0.1) is 0 Å². The van der Waals surface area contributed by atoms with Crippen LogP contribution in [0.25, 0.3) is 0 Å². The lowest BCUT2D eigenvalue weighted by molar-refractivity contribution is -0.0395. The van der Waals surface area contributed by atoms with Gasteiger partial charge in [-0.05, 0) is 24.8 Å². The Hall–Kier alpha value is -1.66. The van der Waals surface area contributed by atoms with Gasteiger partial charge in [-0.1, -0.05) is 0 Å². The van der Waals surface area contributed by atoms with Crippen LogP contribution in [0.4, 0.5) is 13.6 Å².